The maximum Gasteiger partial charge on any atom is 0.303 e. The van der Waals surface area contributed by atoms with Crippen molar-refractivity contribution in [3.63, 3.8) is 0 Å². The lowest BCUT2D eigenvalue weighted by atomic mass is 9.99. The second-order valence-corrected chi connectivity index (χ2v) is 8.44. The summed E-state index contributed by atoms with van der Waals surface area (Å²) in [5.41, 5.74) is 4.25. The molecule has 0 saturated heterocycles. The van der Waals surface area contributed by atoms with Gasteiger partial charge in [0, 0.05) is 12.8 Å². The van der Waals surface area contributed by atoms with Crippen LogP contribution in [0.15, 0.2) is 54.6 Å². The van der Waals surface area contributed by atoms with Crippen LogP contribution in [0.3, 0.4) is 0 Å². The SMILES string of the molecule is CCCc1ccc(CCC(=O)O)cc1OCCCOc1c(CC)ccc(O)c1-c1ccc(F)cc1. The Kier molecular flexibility index (Phi) is 9.53. The average molecular weight is 481 g/mol. The molecule has 0 amide bonds. The molecule has 3 aromatic carbocycles. The van der Waals surface area contributed by atoms with E-state index in [1.165, 1.54) is 12.1 Å². The number of aliphatic carboxylic acids is 1. The largest absolute Gasteiger partial charge is 0.507 e. The zero-order chi connectivity index (χ0) is 25.2. The quantitative estimate of drug-likeness (QED) is 0.270. The minimum absolute atomic E-state index is 0.0838. The standard InChI is InChI=1S/C29H33FO5/c1-3-6-22-9-7-20(8-16-27(32)33)19-26(22)34-17-5-18-35-29-21(4-2)12-15-25(31)28(29)23-10-13-24(30)14-11-23/h7,9-15,19,31H,3-6,8,16-18H2,1-2H3,(H,32,33). The van der Waals surface area contributed by atoms with Gasteiger partial charge in [0.05, 0.1) is 18.8 Å². The molecule has 6 heteroatoms. The molecule has 0 atom stereocenters. The van der Waals surface area contributed by atoms with Gasteiger partial charge in [-0.2, -0.15) is 0 Å². The Morgan fingerprint density at radius 2 is 1.63 bits per heavy atom. The van der Waals surface area contributed by atoms with Crippen molar-refractivity contribution in [1.82, 2.24) is 0 Å². The van der Waals surface area contributed by atoms with Crippen LogP contribution in [0, 0.1) is 5.82 Å². The Morgan fingerprint density at radius 1 is 0.914 bits per heavy atom. The van der Waals surface area contributed by atoms with E-state index in [9.17, 15) is 14.3 Å². The van der Waals surface area contributed by atoms with Crippen LogP contribution in [-0.2, 0) is 24.1 Å². The van der Waals surface area contributed by atoms with Gasteiger partial charge >= 0.3 is 5.97 Å². The van der Waals surface area contributed by atoms with Crippen LogP contribution in [0.4, 0.5) is 4.39 Å². The summed E-state index contributed by atoms with van der Waals surface area (Å²) in [7, 11) is 0. The Balaban J connectivity index is 1.67. The highest BCUT2D eigenvalue weighted by molar-refractivity contribution is 5.78. The monoisotopic (exact) mass is 480 g/mol. The van der Waals surface area contributed by atoms with Crippen molar-refractivity contribution < 1.29 is 28.9 Å². The maximum absolute atomic E-state index is 13.4. The zero-order valence-corrected chi connectivity index (χ0v) is 20.4. The molecule has 0 unspecified atom stereocenters. The van der Waals surface area contributed by atoms with E-state index < -0.39 is 5.97 Å². The minimum Gasteiger partial charge on any atom is -0.507 e. The third-order valence-electron chi connectivity index (χ3n) is 5.80. The van der Waals surface area contributed by atoms with E-state index in [0.29, 0.717) is 42.9 Å². The molecule has 0 spiro atoms. The predicted octanol–water partition coefficient (Wildman–Crippen LogP) is 6.58. The van der Waals surface area contributed by atoms with Gasteiger partial charge in [0.2, 0.25) is 0 Å². The number of benzene rings is 3. The van der Waals surface area contributed by atoms with E-state index in [0.717, 1.165) is 41.7 Å². The molecule has 5 nitrogen and oxygen atoms in total. The number of aromatic hydroxyl groups is 1. The molecule has 0 aliphatic rings. The lowest BCUT2D eigenvalue weighted by Gasteiger charge is -2.18. The fraction of sp³-hybridized carbons (Fsp3) is 0.345. The summed E-state index contributed by atoms with van der Waals surface area (Å²) < 4.78 is 25.6. The molecular formula is C29H33FO5. The van der Waals surface area contributed by atoms with Gasteiger partial charge in [0.25, 0.3) is 0 Å². The van der Waals surface area contributed by atoms with Crippen LogP contribution >= 0.6 is 0 Å². The number of ether oxygens (including phenoxy) is 2. The van der Waals surface area contributed by atoms with Crippen molar-refractivity contribution in [3.05, 3.63) is 77.1 Å². The van der Waals surface area contributed by atoms with Crippen molar-refractivity contribution in [1.29, 1.82) is 0 Å². The van der Waals surface area contributed by atoms with E-state index in [4.69, 9.17) is 14.6 Å². The number of aryl methyl sites for hydroxylation is 3. The van der Waals surface area contributed by atoms with Crippen molar-refractivity contribution in [2.75, 3.05) is 13.2 Å². The molecule has 0 aliphatic carbocycles. The van der Waals surface area contributed by atoms with Crippen LogP contribution < -0.4 is 9.47 Å². The first-order valence-electron chi connectivity index (χ1n) is 12.1. The summed E-state index contributed by atoms with van der Waals surface area (Å²) >= 11 is 0. The predicted molar refractivity (Wildman–Crippen MR) is 135 cm³/mol. The van der Waals surface area contributed by atoms with Gasteiger partial charge in [-0.3, -0.25) is 4.79 Å². The van der Waals surface area contributed by atoms with E-state index >= 15 is 0 Å². The first-order valence-corrected chi connectivity index (χ1v) is 12.1. The molecule has 186 valence electrons. The van der Waals surface area contributed by atoms with Crippen LogP contribution in [0.5, 0.6) is 17.2 Å². The number of phenolic OH excluding ortho intramolecular Hbond substituents is 1. The highest BCUT2D eigenvalue weighted by Gasteiger charge is 2.16. The Labute approximate surface area is 206 Å². The van der Waals surface area contributed by atoms with E-state index in [-0.39, 0.29) is 18.0 Å². The third-order valence-corrected chi connectivity index (χ3v) is 5.80. The average Bonchev–Trinajstić information content (AvgIpc) is 2.84. The van der Waals surface area contributed by atoms with Gasteiger partial charge in [-0.15, -0.1) is 0 Å². The fourth-order valence-electron chi connectivity index (χ4n) is 3.99. The number of carboxylic acid groups (broad SMARTS) is 1. The molecule has 0 saturated carbocycles. The van der Waals surface area contributed by atoms with Crippen molar-refractivity contribution in [3.8, 4) is 28.4 Å². The maximum atomic E-state index is 13.4. The number of phenols is 1. The van der Waals surface area contributed by atoms with Crippen LogP contribution in [0.25, 0.3) is 11.1 Å². The first kappa shape index (κ1) is 26.1. The summed E-state index contributed by atoms with van der Waals surface area (Å²) in [6.45, 7) is 4.94. The number of hydrogen-bond acceptors (Lipinski definition) is 4. The third kappa shape index (κ3) is 7.22. The summed E-state index contributed by atoms with van der Waals surface area (Å²) in [5, 5.41) is 19.5. The summed E-state index contributed by atoms with van der Waals surface area (Å²) in [6, 6.07) is 15.4. The number of carbonyl (C=O) groups is 1. The first-order chi connectivity index (χ1) is 16.9. The normalized spacial score (nSPS) is 10.8. The Bertz CT molecular complexity index is 1120. The number of halogens is 1. The summed E-state index contributed by atoms with van der Waals surface area (Å²) in [4.78, 5) is 10.9. The molecule has 0 heterocycles. The summed E-state index contributed by atoms with van der Waals surface area (Å²) in [5.74, 6) is 0.312. The van der Waals surface area contributed by atoms with Gasteiger partial charge in [-0.05, 0) is 65.8 Å². The number of carboxylic acids is 1. The van der Waals surface area contributed by atoms with E-state index in [1.807, 2.05) is 31.2 Å². The van der Waals surface area contributed by atoms with Crippen LogP contribution in [-0.4, -0.2) is 29.4 Å². The number of rotatable bonds is 13. The molecule has 0 aliphatic heterocycles. The lowest BCUT2D eigenvalue weighted by Crippen LogP contribution is -2.08. The van der Waals surface area contributed by atoms with Crippen molar-refractivity contribution >= 4 is 5.97 Å². The Morgan fingerprint density at radius 3 is 2.31 bits per heavy atom. The number of hydrogen-bond donors (Lipinski definition) is 2. The molecule has 0 bridgehead atoms. The molecular weight excluding hydrogens is 447 g/mol. The van der Waals surface area contributed by atoms with Crippen molar-refractivity contribution in [2.45, 2.75) is 52.4 Å². The molecule has 0 radical (unpaired) electrons. The zero-order valence-electron chi connectivity index (χ0n) is 20.4. The fourth-order valence-corrected chi connectivity index (χ4v) is 3.99. The molecule has 0 aromatic heterocycles. The van der Waals surface area contributed by atoms with Crippen LogP contribution in [0.2, 0.25) is 0 Å². The summed E-state index contributed by atoms with van der Waals surface area (Å²) in [6.07, 6.45) is 3.76. The lowest BCUT2D eigenvalue weighted by molar-refractivity contribution is -0.136. The second kappa shape index (κ2) is 12.8. The smallest absolute Gasteiger partial charge is 0.303 e. The van der Waals surface area contributed by atoms with Crippen molar-refractivity contribution in [2.24, 2.45) is 0 Å². The van der Waals surface area contributed by atoms with Gasteiger partial charge in [-0.25, -0.2) is 4.39 Å². The van der Waals surface area contributed by atoms with Crippen LogP contribution in [0.1, 0.15) is 49.8 Å². The van der Waals surface area contributed by atoms with E-state index in [1.54, 1.807) is 18.2 Å². The Hall–Kier alpha value is -3.54. The van der Waals surface area contributed by atoms with Gasteiger partial charge in [-0.1, -0.05) is 50.6 Å². The highest BCUT2D eigenvalue weighted by atomic mass is 19.1. The highest BCUT2D eigenvalue weighted by Crippen LogP contribution is 2.40. The van der Waals surface area contributed by atoms with E-state index in [2.05, 4.69) is 6.92 Å². The topological polar surface area (TPSA) is 76.0 Å². The van der Waals surface area contributed by atoms with Gasteiger partial charge in [0.15, 0.2) is 0 Å². The molecule has 3 aromatic rings. The molecule has 3 rings (SSSR count). The van der Waals surface area contributed by atoms with Gasteiger partial charge in [0.1, 0.15) is 23.1 Å². The van der Waals surface area contributed by atoms with Gasteiger partial charge < -0.3 is 19.7 Å². The minimum atomic E-state index is -0.819. The second-order valence-electron chi connectivity index (χ2n) is 8.44. The molecule has 0 fully saturated rings. The molecule has 2 N–H and O–H groups in total. The molecule has 35 heavy (non-hydrogen) atoms.